The van der Waals surface area contributed by atoms with E-state index >= 15 is 0 Å². The third-order valence-corrected chi connectivity index (χ3v) is 3.25. The van der Waals surface area contributed by atoms with Crippen LogP contribution in [0.2, 0.25) is 0 Å². The lowest BCUT2D eigenvalue weighted by Crippen LogP contribution is -2.06. The average molecular weight is 264 g/mol. The van der Waals surface area contributed by atoms with Gasteiger partial charge < -0.3 is 0 Å². The Balaban J connectivity index is 2.30. The van der Waals surface area contributed by atoms with Gasteiger partial charge in [-0.1, -0.05) is 49.4 Å². The molecule has 0 aliphatic rings. The molecule has 0 amide bonds. The Bertz CT molecular complexity index is 512. The zero-order valence-corrected chi connectivity index (χ0v) is 10.6. The minimum atomic E-state index is -4.27. The van der Waals surface area contributed by atoms with Crippen molar-refractivity contribution in [3.8, 4) is 0 Å². The maximum absolute atomic E-state index is 12.5. The lowest BCUT2D eigenvalue weighted by Gasteiger charge is -2.16. The lowest BCUT2D eigenvalue weighted by atomic mass is 9.89. The van der Waals surface area contributed by atoms with E-state index in [0.29, 0.717) is 0 Å². The molecule has 1 unspecified atom stereocenters. The second kappa shape index (κ2) is 5.47. The molecule has 2 aromatic rings. The predicted molar refractivity (Wildman–Crippen MR) is 70.0 cm³/mol. The third-order valence-electron chi connectivity index (χ3n) is 3.25. The smallest absolute Gasteiger partial charge is 0.166 e. The first-order valence-electron chi connectivity index (χ1n) is 6.24. The summed E-state index contributed by atoms with van der Waals surface area (Å²) < 4.78 is 37.6. The Kier molecular flexibility index (Phi) is 3.93. The van der Waals surface area contributed by atoms with Gasteiger partial charge in [-0.2, -0.15) is 13.2 Å². The fourth-order valence-electron chi connectivity index (χ4n) is 2.25. The maximum atomic E-state index is 12.5. The van der Waals surface area contributed by atoms with Gasteiger partial charge in [-0.25, -0.2) is 0 Å². The summed E-state index contributed by atoms with van der Waals surface area (Å²) in [4.78, 5) is 0. The fourth-order valence-corrected chi connectivity index (χ4v) is 2.25. The number of halogens is 3. The van der Waals surface area contributed by atoms with Crippen LogP contribution in [0.15, 0.2) is 54.6 Å². The third kappa shape index (κ3) is 3.16. The molecule has 19 heavy (non-hydrogen) atoms. The number of hydrogen-bond donors (Lipinski definition) is 0. The van der Waals surface area contributed by atoms with Crippen LogP contribution in [-0.4, -0.2) is 0 Å². The van der Waals surface area contributed by atoms with Crippen LogP contribution in [-0.2, 0) is 6.18 Å². The normalized spacial score (nSPS) is 13.3. The first-order valence-corrected chi connectivity index (χ1v) is 6.24. The van der Waals surface area contributed by atoms with E-state index in [1.807, 2.05) is 37.3 Å². The van der Waals surface area contributed by atoms with Crippen molar-refractivity contribution in [3.05, 3.63) is 71.3 Å². The van der Waals surface area contributed by atoms with Gasteiger partial charge in [0.05, 0.1) is 5.56 Å². The highest BCUT2D eigenvalue weighted by Gasteiger charge is 2.30. The molecular formula is C16H15F3. The summed E-state index contributed by atoms with van der Waals surface area (Å²) >= 11 is 0. The molecule has 1 atom stereocenters. The van der Waals surface area contributed by atoms with Crippen LogP contribution in [0.1, 0.15) is 36.0 Å². The Hall–Kier alpha value is -1.77. The van der Waals surface area contributed by atoms with Gasteiger partial charge in [-0.05, 0) is 29.7 Å². The van der Waals surface area contributed by atoms with Crippen molar-refractivity contribution >= 4 is 0 Å². The van der Waals surface area contributed by atoms with Crippen molar-refractivity contribution in [1.29, 1.82) is 0 Å². The van der Waals surface area contributed by atoms with E-state index in [2.05, 4.69) is 0 Å². The van der Waals surface area contributed by atoms with Crippen molar-refractivity contribution in [3.63, 3.8) is 0 Å². The molecule has 0 aromatic heterocycles. The molecular weight excluding hydrogens is 249 g/mol. The van der Waals surface area contributed by atoms with Crippen LogP contribution >= 0.6 is 0 Å². The minimum Gasteiger partial charge on any atom is -0.166 e. The van der Waals surface area contributed by atoms with Gasteiger partial charge in [-0.15, -0.1) is 0 Å². The summed E-state index contributed by atoms with van der Waals surface area (Å²) in [7, 11) is 0. The monoisotopic (exact) mass is 264 g/mol. The Morgan fingerprint density at radius 1 is 0.842 bits per heavy atom. The molecule has 0 saturated heterocycles. The summed E-state index contributed by atoms with van der Waals surface area (Å²) in [5.41, 5.74) is 1.45. The highest BCUT2D eigenvalue weighted by atomic mass is 19.4. The molecule has 3 heteroatoms. The summed E-state index contributed by atoms with van der Waals surface area (Å²) in [6, 6.07) is 15.3. The molecule has 0 spiro atoms. The van der Waals surface area contributed by atoms with Crippen LogP contribution in [0, 0.1) is 0 Å². The van der Waals surface area contributed by atoms with Crippen LogP contribution < -0.4 is 0 Å². The van der Waals surface area contributed by atoms with Crippen molar-refractivity contribution < 1.29 is 13.2 Å². The van der Waals surface area contributed by atoms with Crippen LogP contribution in [0.4, 0.5) is 13.2 Å². The van der Waals surface area contributed by atoms with Gasteiger partial charge in [-0.3, -0.25) is 0 Å². The van der Waals surface area contributed by atoms with Crippen molar-refractivity contribution in [2.45, 2.75) is 25.4 Å². The van der Waals surface area contributed by atoms with E-state index < -0.39 is 11.7 Å². The maximum Gasteiger partial charge on any atom is 0.416 e. The zero-order chi connectivity index (χ0) is 13.9. The van der Waals surface area contributed by atoms with Crippen LogP contribution in [0.25, 0.3) is 0 Å². The molecule has 0 radical (unpaired) electrons. The number of rotatable bonds is 3. The second-order valence-corrected chi connectivity index (χ2v) is 4.49. The second-order valence-electron chi connectivity index (χ2n) is 4.49. The number of hydrogen-bond acceptors (Lipinski definition) is 0. The molecule has 0 N–H and O–H groups in total. The first kappa shape index (κ1) is 13.7. The van der Waals surface area contributed by atoms with Crippen LogP contribution in [0.3, 0.4) is 0 Å². The summed E-state index contributed by atoms with van der Waals surface area (Å²) in [5.74, 6) is 0.142. The van der Waals surface area contributed by atoms with E-state index in [1.165, 1.54) is 0 Å². The summed E-state index contributed by atoms with van der Waals surface area (Å²) in [6.07, 6.45) is -3.41. The average Bonchev–Trinajstić information content (AvgIpc) is 2.40. The molecule has 0 nitrogen and oxygen atoms in total. The van der Waals surface area contributed by atoms with Gasteiger partial charge in [0.25, 0.3) is 0 Å². The molecule has 0 bridgehead atoms. The molecule has 0 saturated carbocycles. The largest absolute Gasteiger partial charge is 0.416 e. The molecule has 0 fully saturated rings. The Morgan fingerprint density at radius 2 is 1.37 bits per heavy atom. The van der Waals surface area contributed by atoms with Crippen molar-refractivity contribution in [2.75, 3.05) is 0 Å². The van der Waals surface area contributed by atoms with E-state index in [9.17, 15) is 13.2 Å². The van der Waals surface area contributed by atoms with Crippen molar-refractivity contribution in [1.82, 2.24) is 0 Å². The van der Waals surface area contributed by atoms with Gasteiger partial charge in [0, 0.05) is 5.92 Å². The fraction of sp³-hybridized carbons (Fsp3) is 0.250. The van der Waals surface area contributed by atoms with Crippen LogP contribution in [0.5, 0.6) is 0 Å². The van der Waals surface area contributed by atoms with E-state index in [1.54, 1.807) is 12.1 Å². The first-order chi connectivity index (χ1) is 9.02. The van der Waals surface area contributed by atoms with E-state index in [0.717, 1.165) is 29.7 Å². The zero-order valence-electron chi connectivity index (χ0n) is 10.6. The van der Waals surface area contributed by atoms with Gasteiger partial charge in [0.2, 0.25) is 0 Å². The number of benzene rings is 2. The van der Waals surface area contributed by atoms with E-state index in [4.69, 9.17) is 0 Å². The molecule has 2 rings (SSSR count). The quantitative estimate of drug-likeness (QED) is 0.710. The highest BCUT2D eigenvalue weighted by Crippen LogP contribution is 2.32. The van der Waals surface area contributed by atoms with Gasteiger partial charge in [0.1, 0.15) is 0 Å². The highest BCUT2D eigenvalue weighted by molar-refractivity contribution is 5.34. The molecule has 0 aliphatic carbocycles. The Labute approximate surface area is 110 Å². The standard InChI is InChI=1S/C16H15F3/c1-2-15(12-6-4-3-5-7-12)13-8-10-14(11-9-13)16(17,18)19/h3-11,15H,2H2,1H3. The lowest BCUT2D eigenvalue weighted by molar-refractivity contribution is -0.137. The molecule has 2 aromatic carbocycles. The minimum absolute atomic E-state index is 0.142. The molecule has 0 heterocycles. The number of alkyl halides is 3. The van der Waals surface area contributed by atoms with E-state index in [-0.39, 0.29) is 5.92 Å². The molecule has 100 valence electrons. The summed E-state index contributed by atoms with van der Waals surface area (Å²) in [5, 5.41) is 0. The summed E-state index contributed by atoms with van der Waals surface area (Å²) in [6.45, 7) is 2.04. The van der Waals surface area contributed by atoms with Crippen molar-refractivity contribution in [2.24, 2.45) is 0 Å². The topological polar surface area (TPSA) is 0 Å². The van der Waals surface area contributed by atoms with Gasteiger partial charge >= 0.3 is 6.18 Å². The predicted octanol–water partition coefficient (Wildman–Crippen LogP) is 5.25. The Morgan fingerprint density at radius 3 is 1.84 bits per heavy atom. The SMILES string of the molecule is CCC(c1ccccc1)c1ccc(C(F)(F)F)cc1. The molecule has 0 aliphatic heterocycles. The van der Waals surface area contributed by atoms with Gasteiger partial charge in [0.15, 0.2) is 0 Å².